The van der Waals surface area contributed by atoms with Gasteiger partial charge in [0.25, 0.3) is 5.91 Å². The highest BCUT2D eigenvalue weighted by molar-refractivity contribution is 5.94. The lowest BCUT2D eigenvalue weighted by Crippen LogP contribution is -2.44. The lowest BCUT2D eigenvalue weighted by atomic mass is 9.84. The number of carbonyl (C=O) groups excluding carboxylic acids is 1. The van der Waals surface area contributed by atoms with E-state index < -0.39 is 0 Å². The quantitative estimate of drug-likeness (QED) is 0.907. The first-order valence-corrected chi connectivity index (χ1v) is 8.73. The maximum Gasteiger partial charge on any atom is 0.251 e. The first-order valence-electron chi connectivity index (χ1n) is 8.73. The number of aryl methyl sites for hydroxylation is 2. The summed E-state index contributed by atoms with van der Waals surface area (Å²) < 4.78 is 1.89. The van der Waals surface area contributed by atoms with Crippen LogP contribution in [-0.4, -0.2) is 28.3 Å². The minimum atomic E-state index is -0.0136. The van der Waals surface area contributed by atoms with Crippen molar-refractivity contribution in [2.75, 3.05) is 6.54 Å². The number of nitrogens with two attached hydrogens (primary N) is 1. The molecule has 0 spiro atoms. The number of nitrogens with zero attached hydrogens (tertiary/aromatic N) is 2. The van der Waals surface area contributed by atoms with E-state index in [1.54, 1.807) is 0 Å². The fourth-order valence-electron chi connectivity index (χ4n) is 3.58. The van der Waals surface area contributed by atoms with Gasteiger partial charge in [-0.2, -0.15) is 5.10 Å². The van der Waals surface area contributed by atoms with Crippen molar-refractivity contribution in [3.05, 3.63) is 47.3 Å². The van der Waals surface area contributed by atoms with Crippen molar-refractivity contribution in [2.45, 2.75) is 45.6 Å². The van der Waals surface area contributed by atoms with Crippen molar-refractivity contribution in [2.24, 2.45) is 11.7 Å². The highest BCUT2D eigenvalue weighted by atomic mass is 16.1. The van der Waals surface area contributed by atoms with Crippen LogP contribution in [-0.2, 0) is 0 Å². The molecule has 0 bridgehead atoms. The Kier molecular flexibility index (Phi) is 5.00. The van der Waals surface area contributed by atoms with Crippen molar-refractivity contribution in [1.82, 2.24) is 15.1 Å². The number of hydrogen-bond donors (Lipinski definition) is 2. The third-order valence-corrected chi connectivity index (χ3v) is 4.91. The molecule has 2 atom stereocenters. The van der Waals surface area contributed by atoms with E-state index >= 15 is 0 Å². The fraction of sp³-hybridized carbons (Fsp3) is 0.474. The highest BCUT2D eigenvalue weighted by Crippen LogP contribution is 2.24. The molecule has 0 aliphatic heterocycles. The van der Waals surface area contributed by atoms with Gasteiger partial charge in [0.1, 0.15) is 0 Å². The molecule has 1 amide bonds. The highest BCUT2D eigenvalue weighted by Gasteiger charge is 2.25. The van der Waals surface area contributed by atoms with Crippen LogP contribution in [0.25, 0.3) is 5.69 Å². The molecule has 1 saturated carbocycles. The summed E-state index contributed by atoms with van der Waals surface area (Å²) in [5.74, 6) is 0.386. The second kappa shape index (κ2) is 7.18. The zero-order valence-corrected chi connectivity index (χ0v) is 14.5. The summed E-state index contributed by atoms with van der Waals surface area (Å²) in [6.45, 7) is 4.64. The van der Waals surface area contributed by atoms with Crippen LogP contribution >= 0.6 is 0 Å². The van der Waals surface area contributed by atoms with Crippen LogP contribution in [0.3, 0.4) is 0 Å². The largest absolute Gasteiger partial charge is 0.349 e. The summed E-state index contributed by atoms with van der Waals surface area (Å²) >= 11 is 0. The SMILES string of the molecule is Cc1cc(C)n(-c2ccc(C(=O)NC3CCCCC3CN)cc2)n1. The van der Waals surface area contributed by atoms with E-state index in [1.807, 2.05) is 48.9 Å². The molecule has 1 fully saturated rings. The Morgan fingerprint density at radius 2 is 1.96 bits per heavy atom. The van der Waals surface area contributed by atoms with Crippen LogP contribution < -0.4 is 11.1 Å². The van der Waals surface area contributed by atoms with Gasteiger partial charge in [-0.1, -0.05) is 12.8 Å². The van der Waals surface area contributed by atoms with Crippen LogP contribution in [0.1, 0.15) is 47.4 Å². The second-order valence-corrected chi connectivity index (χ2v) is 6.75. The first-order chi connectivity index (χ1) is 11.6. The zero-order valence-electron chi connectivity index (χ0n) is 14.5. The van der Waals surface area contributed by atoms with E-state index in [1.165, 1.54) is 6.42 Å². The lowest BCUT2D eigenvalue weighted by Gasteiger charge is -2.31. The molecule has 3 N–H and O–H groups in total. The molecule has 5 heteroatoms. The van der Waals surface area contributed by atoms with E-state index in [4.69, 9.17) is 5.73 Å². The molecule has 0 radical (unpaired) electrons. The van der Waals surface area contributed by atoms with Crippen molar-refractivity contribution in [3.63, 3.8) is 0 Å². The first kappa shape index (κ1) is 16.7. The standard InChI is InChI=1S/C19H26N4O/c1-13-11-14(2)23(22-13)17-9-7-15(8-10-17)19(24)21-18-6-4-3-5-16(18)12-20/h7-11,16,18H,3-6,12,20H2,1-2H3,(H,21,24). The van der Waals surface area contributed by atoms with Crippen molar-refractivity contribution in [3.8, 4) is 5.69 Å². The Morgan fingerprint density at radius 3 is 2.58 bits per heavy atom. The average Bonchev–Trinajstić information content (AvgIpc) is 2.94. The van der Waals surface area contributed by atoms with Crippen LogP contribution in [0.2, 0.25) is 0 Å². The van der Waals surface area contributed by atoms with E-state index in [9.17, 15) is 4.79 Å². The van der Waals surface area contributed by atoms with Gasteiger partial charge in [0, 0.05) is 17.3 Å². The maximum absolute atomic E-state index is 12.5. The summed E-state index contributed by atoms with van der Waals surface area (Å²) in [6.07, 6.45) is 4.51. The van der Waals surface area contributed by atoms with Gasteiger partial charge in [-0.05, 0) is 69.5 Å². The third kappa shape index (κ3) is 3.51. The molecule has 2 unspecified atom stereocenters. The third-order valence-electron chi connectivity index (χ3n) is 4.91. The van der Waals surface area contributed by atoms with Crippen LogP contribution in [0.4, 0.5) is 0 Å². The van der Waals surface area contributed by atoms with Gasteiger partial charge in [-0.3, -0.25) is 4.79 Å². The molecule has 1 aromatic heterocycles. The van der Waals surface area contributed by atoms with E-state index in [-0.39, 0.29) is 11.9 Å². The van der Waals surface area contributed by atoms with Gasteiger partial charge in [0.05, 0.1) is 11.4 Å². The van der Waals surface area contributed by atoms with Gasteiger partial charge < -0.3 is 11.1 Å². The average molecular weight is 326 g/mol. The Balaban J connectivity index is 1.71. The molecule has 1 aromatic carbocycles. The predicted molar refractivity (Wildman–Crippen MR) is 95.3 cm³/mol. The number of amides is 1. The summed E-state index contributed by atoms with van der Waals surface area (Å²) in [7, 11) is 0. The molecular formula is C19H26N4O. The van der Waals surface area contributed by atoms with Gasteiger partial charge in [-0.25, -0.2) is 4.68 Å². The van der Waals surface area contributed by atoms with Crippen molar-refractivity contribution in [1.29, 1.82) is 0 Å². The number of aromatic nitrogens is 2. The van der Waals surface area contributed by atoms with E-state index in [0.29, 0.717) is 18.0 Å². The number of hydrogen-bond acceptors (Lipinski definition) is 3. The Labute approximate surface area is 143 Å². The molecule has 24 heavy (non-hydrogen) atoms. The minimum Gasteiger partial charge on any atom is -0.349 e. The van der Waals surface area contributed by atoms with Gasteiger partial charge in [0.2, 0.25) is 0 Å². The van der Waals surface area contributed by atoms with Crippen LogP contribution in [0.15, 0.2) is 30.3 Å². The molecule has 1 aliphatic rings. The van der Waals surface area contributed by atoms with Crippen LogP contribution in [0.5, 0.6) is 0 Å². The van der Waals surface area contributed by atoms with Crippen molar-refractivity contribution >= 4 is 5.91 Å². The molecule has 0 saturated heterocycles. The zero-order chi connectivity index (χ0) is 17.1. The normalized spacial score (nSPS) is 20.8. The molecule has 1 aliphatic carbocycles. The summed E-state index contributed by atoms with van der Waals surface area (Å²) in [5.41, 5.74) is 9.56. The topological polar surface area (TPSA) is 72.9 Å². The Bertz CT molecular complexity index is 705. The smallest absolute Gasteiger partial charge is 0.251 e. The Hall–Kier alpha value is -2.14. The molecule has 3 rings (SSSR count). The number of carbonyl (C=O) groups is 1. The van der Waals surface area contributed by atoms with Gasteiger partial charge in [0.15, 0.2) is 0 Å². The minimum absolute atomic E-state index is 0.0136. The lowest BCUT2D eigenvalue weighted by molar-refractivity contribution is 0.0908. The summed E-state index contributed by atoms with van der Waals surface area (Å²) in [4.78, 5) is 12.5. The van der Waals surface area contributed by atoms with Crippen molar-refractivity contribution < 1.29 is 4.79 Å². The molecule has 1 heterocycles. The Morgan fingerprint density at radius 1 is 1.25 bits per heavy atom. The van der Waals surface area contributed by atoms with E-state index in [0.717, 1.165) is 36.3 Å². The fourth-order valence-corrected chi connectivity index (χ4v) is 3.58. The summed E-state index contributed by atoms with van der Waals surface area (Å²) in [6, 6.07) is 9.84. The van der Waals surface area contributed by atoms with Gasteiger partial charge >= 0.3 is 0 Å². The van der Waals surface area contributed by atoms with Gasteiger partial charge in [-0.15, -0.1) is 0 Å². The molecule has 128 valence electrons. The van der Waals surface area contributed by atoms with E-state index in [2.05, 4.69) is 10.4 Å². The predicted octanol–water partition coefficient (Wildman–Crippen LogP) is 2.74. The number of benzene rings is 1. The maximum atomic E-state index is 12.5. The molecule has 2 aromatic rings. The second-order valence-electron chi connectivity index (χ2n) is 6.75. The summed E-state index contributed by atoms with van der Waals surface area (Å²) in [5, 5.41) is 7.64. The number of nitrogens with one attached hydrogen (secondary N) is 1. The van der Waals surface area contributed by atoms with Crippen LogP contribution in [0, 0.1) is 19.8 Å². The monoisotopic (exact) mass is 326 g/mol. The number of rotatable bonds is 4. The molecule has 5 nitrogen and oxygen atoms in total. The molecular weight excluding hydrogens is 300 g/mol.